The van der Waals surface area contributed by atoms with Crippen molar-refractivity contribution in [2.45, 2.75) is 91.0 Å². The molecule has 0 atom stereocenters. The number of hydrogen-bond acceptors (Lipinski definition) is 3. The standard InChI is InChI=1S/C19H36O3/c1-4-7-10-13-16-18(19(20,21)22,15-12-9-6-3)17-14-11-8-5-2/h7-8,10-11,20-22H,4-6,9,12-17H2,1-3H3. The summed E-state index contributed by atoms with van der Waals surface area (Å²) in [6, 6.07) is 0. The molecule has 130 valence electrons. The molecule has 0 fully saturated rings. The molecule has 0 heterocycles. The smallest absolute Gasteiger partial charge is 0.281 e. The van der Waals surface area contributed by atoms with E-state index in [1.807, 2.05) is 0 Å². The summed E-state index contributed by atoms with van der Waals surface area (Å²) < 4.78 is 0. The predicted molar refractivity (Wildman–Crippen MR) is 93.3 cm³/mol. The van der Waals surface area contributed by atoms with Crippen LogP contribution in [0.1, 0.15) is 85.0 Å². The number of unbranched alkanes of at least 4 members (excludes halogenated alkanes) is 2. The van der Waals surface area contributed by atoms with Gasteiger partial charge in [-0.1, -0.05) is 64.3 Å². The molecular formula is C19H36O3. The normalized spacial score (nSPS) is 15.7. The van der Waals surface area contributed by atoms with E-state index in [1.165, 1.54) is 0 Å². The average molecular weight is 312 g/mol. The van der Waals surface area contributed by atoms with Crippen LogP contribution in [0.4, 0.5) is 0 Å². The fourth-order valence-electron chi connectivity index (χ4n) is 2.88. The Bertz CT molecular complexity index is 295. The van der Waals surface area contributed by atoms with E-state index in [-0.39, 0.29) is 0 Å². The van der Waals surface area contributed by atoms with Crippen LogP contribution in [0.3, 0.4) is 0 Å². The number of hydrogen-bond donors (Lipinski definition) is 3. The summed E-state index contributed by atoms with van der Waals surface area (Å²) >= 11 is 0. The number of aliphatic hydroxyl groups is 3. The molecule has 0 radical (unpaired) electrons. The van der Waals surface area contributed by atoms with Crippen LogP contribution in [-0.4, -0.2) is 21.3 Å². The Hall–Kier alpha value is -0.640. The first-order chi connectivity index (χ1) is 10.4. The van der Waals surface area contributed by atoms with Gasteiger partial charge in [-0.3, -0.25) is 0 Å². The second kappa shape index (κ2) is 11.9. The second-order valence-corrected chi connectivity index (χ2v) is 6.21. The minimum absolute atomic E-state index is 0.594. The quantitative estimate of drug-likeness (QED) is 0.263. The molecule has 0 rings (SSSR count). The molecule has 0 bridgehead atoms. The van der Waals surface area contributed by atoms with Crippen molar-refractivity contribution in [2.24, 2.45) is 5.41 Å². The highest BCUT2D eigenvalue weighted by molar-refractivity contribution is 4.92. The molecule has 0 amide bonds. The Kier molecular flexibility index (Phi) is 11.5. The van der Waals surface area contributed by atoms with Gasteiger partial charge in [0.15, 0.2) is 0 Å². The van der Waals surface area contributed by atoms with Gasteiger partial charge in [0.2, 0.25) is 0 Å². The third-order valence-corrected chi connectivity index (χ3v) is 4.35. The Morgan fingerprint density at radius 3 is 1.55 bits per heavy atom. The van der Waals surface area contributed by atoms with Gasteiger partial charge < -0.3 is 15.3 Å². The molecule has 0 aromatic carbocycles. The highest BCUT2D eigenvalue weighted by Crippen LogP contribution is 2.43. The minimum atomic E-state index is -2.61. The Morgan fingerprint density at radius 2 is 1.18 bits per heavy atom. The maximum absolute atomic E-state index is 10.0. The van der Waals surface area contributed by atoms with Crippen molar-refractivity contribution >= 4 is 0 Å². The molecule has 0 aromatic rings. The monoisotopic (exact) mass is 312 g/mol. The van der Waals surface area contributed by atoms with E-state index < -0.39 is 11.4 Å². The van der Waals surface area contributed by atoms with Crippen LogP contribution in [0.2, 0.25) is 0 Å². The van der Waals surface area contributed by atoms with E-state index in [0.29, 0.717) is 19.3 Å². The van der Waals surface area contributed by atoms with Gasteiger partial charge in [0.1, 0.15) is 0 Å². The fourth-order valence-corrected chi connectivity index (χ4v) is 2.88. The molecule has 0 unspecified atom stereocenters. The summed E-state index contributed by atoms with van der Waals surface area (Å²) in [7, 11) is 0. The van der Waals surface area contributed by atoms with E-state index in [1.54, 1.807) is 0 Å². The Labute approximate surface area is 136 Å². The highest BCUT2D eigenvalue weighted by atomic mass is 16.7. The van der Waals surface area contributed by atoms with Gasteiger partial charge in [-0.05, 0) is 44.9 Å². The molecule has 3 heteroatoms. The zero-order valence-electron chi connectivity index (χ0n) is 14.7. The van der Waals surface area contributed by atoms with Crippen LogP contribution >= 0.6 is 0 Å². The van der Waals surface area contributed by atoms with E-state index >= 15 is 0 Å². The topological polar surface area (TPSA) is 60.7 Å². The lowest BCUT2D eigenvalue weighted by Crippen LogP contribution is -2.48. The van der Waals surface area contributed by atoms with E-state index in [2.05, 4.69) is 45.1 Å². The van der Waals surface area contributed by atoms with Gasteiger partial charge in [-0.2, -0.15) is 0 Å². The third-order valence-electron chi connectivity index (χ3n) is 4.35. The van der Waals surface area contributed by atoms with Crippen LogP contribution < -0.4 is 0 Å². The van der Waals surface area contributed by atoms with Crippen LogP contribution in [0.5, 0.6) is 0 Å². The summed E-state index contributed by atoms with van der Waals surface area (Å²) in [4.78, 5) is 0. The fraction of sp³-hybridized carbons (Fsp3) is 0.789. The SMILES string of the molecule is CCC=CCCC(CCC=CCC)(CCCCC)C(O)(O)O. The first kappa shape index (κ1) is 21.4. The summed E-state index contributed by atoms with van der Waals surface area (Å²) in [5.41, 5.74) is -0.849. The predicted octanol–water partition coefficient (Wildman–Crippen LogP) is 4.68. The zero-order chi connectivity index (χ0) is 16.9. The van der Waals surface area contributed by atoms with Gasteiger partial charge in [0, 0.05) is 0 Å². The van der Waals surface area contributed by atoms with Crippen molar-refractivity contribution in [2.75, 3.05) is 0 Å². The van der Waals surface area contributed by atoms with Crippen LogP contribution in [0.25, 0.3) is 0 Å². The van der Waals surface area contributed by atoms with Gasteiger partial charge >= 0.3 is 0 Å². The highest BCUT2D eigenvalue weighted by Gasteiger charge is 2.46. The first-order valence-electron chi connectivity index (χ1n) is 8.90. The van der Waals surface area contributed by atoms with Gasteiger partial charge in [-0.25, -0.2) is 0 Å². The van der Waals surface area contributed by atoms with Gasteiger partial charge in [0.05, 0.1) is 5.41 Å². The molecule has 3 N–H and O–H groups in total. The third kappa shape index (κ3) is 8.11. The molecule has 22 heavy (non-hydrogen) atoms. The van der Waals surface area contributed by atoms with Crippen molar-refractivity contribution in [1.82, 2.24) is 0 Å². The molecule has 3 nitrogen and oxygen atoms in total. The summed E-state index contributed by atoms with van der Waals surface area (Å²) in [6.07, 6.45) is 16.7. The molecule has 0 saturated carbocycles. The van der Waals surface area contributed by atoms with Gasteiger partial charge in [-0.15, -0.1) is 0 Å². The summed E-state index contributed by atoms with van der Waals surface area (Å²) in [5, 5.41) is 30.0. The zero-order valence-corrected chi connectivity index (χ0v) is 14.7. The van der Waals surface area contributed by atoms with Crippen LogP contribution in [-0.2, 0) is 0 Å². The summed E-state index contributed by atoms with van der Waals surface area (Å²) in [5.74, 6) is -2.61. The van der Waals surface area contributed by atoms with Crippen LogP contribution in [0, 0.1) is 5.41 Å². The van der Waals surface area contributed by atoms with Crippen molar-refractivity contribution < 1.29 is 15.3 Å². The largest absolute Gasteiger partial charge is 0.343 e. The van der Waals surface area contributed by atoms with Crippen LogP contribution in [0.15, 0.2) is 24.3 Å². The molecular weight excluding hydrogens is 276 g/mol. The molecule has 0 spiro atoms. The lowest BCUT2D eigenvalue weighted by Gasteiger charge is -2.40. The average Bonchev–Trinajstić information content (AvgIpc) is 2.46. The molecule has 0 saturated heterocycles. The first-order valence-corrected chi connectivity index (χ1v) is 8.90. The van der Waals surface area contributed by atoms with Crippen molar-refractivity contribution in [3.63, 3.8) is 0 Å². The van der Waals surface area contributed by atoms with E-state index in [0.717, 1.165) is 44.9 Å². The van der Waals surface area contributed by atoms with E-state index in [4.69, 9.17) is 0 Å². The second-order valence-electron chi connectivity index (χ2n) is 6.21. The number of rotatable bonds is 13. The van der Waals surface area contributed by atoms with Crippen molar-refractivity contribution in [3.05, 3.63) is 24.3 Å². The summed E-state index contributed by atoms with van der Waals surface area (Å²) in [6.45, 7) is 6.28. The minimum Gasteiger partial charge on any atom is -0.343 e. The van der Waals surface area contributed by atoms with Crippen molar-refractivity contribution in [1.29, 1.82) is 0 Å². The number of allylic oxidation sites excluding steroid dienone is 4. The van der Waals surface area contributed by atoms with Gasteiger partial charge in [0.25, 0.3) is 5.97 Å². The molecule has 0 aliphatic rings. The lowest BCUT2D eigenvalue weighted by atomic mass is 9.72. The molecule has 0 aliphatic carbocycles. The molecule has 0 aliphatic heterocycles. The van der Waals surface area contributed by atoms with Crippen molar-refractivity contribution in [3.8, 4) is 0 Å². The van der Waals surface area contributed by atoms with E-state index in [9.17, 15) is 15.3 Å². The Balaban J connectivity index is 4.96. The molecule has 0 aromatic heterocycles. The Morgan fingerprint density at radius 1 is 0.682 bits per heavy atom. The maximum Gasteiger partial charge on any atom is 0.281 e. The lowest BCUT2D eigenvalue weighted by molar-refractivity contribution is -0.379. The maximum atomic E-state index is 10.0.